The molecule has 1 unspecified atom stereocenters. The summed E-state index contributed by atoms with van der Waals surface area (Å²) < 4.78 is 5.62. The zero-order valence-electron chi connectivity index (χ0n) is 11.1. The summed E-state index contributed by atoms with van der Waals surface area (Å²) in [5.41, 5.74) is 5.04. The lowest BCUT2D eigenvalue weighted by atomic mass is 10.2. The number of aliphatic hydroxyl groups excluding tert-OH is 1. The Labute approximate surface area is 109 Å². The van der Waals surface area contributed by atoms with Crippen molar-refractivity contribution in [1.82, 2.24) is 5.32 Å². The molecule has 1 aliphatic carbocycles. The molecular weight excluding hydrogens is 232 g/mol. The number of unbranched alkanes of at least 4 members (excludes halogenated alkanes) is 1. The van der Waals surface area contributed by atoms with E-state index in [2.05, 4.69) is 5.32 Å². The number of hydrogen-bond acceptors (Lipinski definition) is 4. The second-order valence-electron chi connectivity index (χ2n) is 5.02. The summed E-state index contributed by atoms with van der Waals surface area (Å²) >= 11 is 0. The average molecular weight is 258 g/mol. The molecule has 4 N–H and O–H groups in total. The van der Waals surface area contributed by atoms with Crippen LogP contribution in [0.4, 0.5) is 0 Å². The van der Waals surface area contributed by atoms with Gasteiger partial charge in [-0.25, -0.2) is 0 Å². The minimum absolute atomic E-state index is 0.250. The minimum atomic E-state index is -0.443. The third-order valence-electron chi connectivity index (χ3n) is 3.23. The maximum absolute atomic E-state index is 10.5. The summed E-state index contributed by atoms with van der Waals surface area (Å²) in [6.07, 6.45) is 6.82. The predicted molar refractivity (Wildman–Crippen MR) is 70.1 cm³/mol. The summed E-state index contributed by atoms with van der Waals surface area (Å²) in [6.45, 7) is 1.76. The molecule has 1 aliphatic rings. The fourth-order valence-corrected chi connectivity index (χ4v) is 2.18. The Kier molecular flexibility index (Phi) is 7.96. The number of nitrogens with two attached hydrogens (primary N) is 1. The third-order valence-corrected chi connectivity index (χ3v) is 3.23. The van der Waals surface area contributed by atoms with Crippen LogP contribution in [0, 0.1) is 0 Å². The van der Waals surface area contributed by atoms with E-state index in [9.17, 15) is 9.90 Å². The molecule has 1 rings (SSSR count). The van der Waals surface area contributed by atoms with Crippen LogP contribution in [0.3, 0.4) is 0 Å². The van der Waals surface area contributed by atoms with Crippen molar-refractivity contribution in [1.29, 1.82) is 0 Å². The van der Waals surface area contributed by atoms with Gasteiger partial charge in [0.1, 0.15) is 0 Å². The molecule has 1 amide bonds. The summed E-state index contributed by atoms with van der Waals surface area (Å²) in [7, 11) is 0. The molecule has 0 saturated heterocycles. The average Bonchev–Trinajstić information content (AvgIpc) is 2.83. The van der Waals surface area contributed by atoms with Gasteiger partial charge in [0.05, 0.1) is 18.8 Å². The Morgan fingerprint density at radius 1 is 1.39 bits per heavy atom. The highest BCUT2D eigenvalue weighted by molar-refractivity contribution is 5.73. The molecule has 0 aromatic heterocycles. The maximum atomic E-state index is 10.5. The van der Waals surface area contributed by atoms with Gasteiger partial charge in [0.25, 0.3) is 0 Å². The molecule has 0 aromatic carbocycles. The van der Waals surface area contributed by atoms with E-state index < -0.39 is 6.10 Å². The van der Waals surface area contributed by atoms with Crippen LogP contribution in [0.15, 0.2) is 0 Å². The van der Waals surface area contributed by atoms with Crippen molar-refractivity contribution in [2.75, 3.05) is 19.7 Å². The Morgan fingerprint density at radius 2 is 2.11 bits per heavy atom. The number of hydrogen-bond donors (Lipinski definition) is 3. The van der Waals surface area contributed by atoms with Gasteiger partial charge in [0.2, 0.25) is 5.91 Å². The van der Waals surface area contributed by atoms with E-state index in [1.165, 1.54) is 12.8 Å². The molecule has 106 valence electrons. The SMILES string of the molecule is NC(=O)CCCCNCC(O)COC1CCCC1. The van der Waals surface area contributed by atoms with E-state index in [1.54, 1.807) is 0 Å². The lowest BCUT2D eigenvalue weighted by Gasteiger charge is -2.15. The quantitative estimate of drug-likeness (QED) is 0.500. The lowest BCUT2D eigenvalue weighted by Crippen LogP contribution is -2.32. The van der Waals surface area contributed by atoms with Crippen molar-refractivity contribution in [3.63, 3.8) is 0 Å². The predicted octanol–water partition coefficient (Wildman–Crippen LogP) is 0.552. The lowest BCUT2D eigenvalue weighted by molar-refractivity contribution is -0.118. The van der Waals surface area contributed by atoms with Crippen LogP contribution < -0.4 is 11.1 Å². The van der Waals surface area contributed by atoms with E-state index >= 15 is 0 Å². The van der Waals surface area contributed by atoms with Crippen LogP contribution in [0.2, 0.25) is 0 Å². The van der Waals surface area contributed by atoms with Crippen LogP contribution in [0.1, 0.15) is 44.9 Å². The smallest absolute Gasteiger partial charge is 0.217 e. The standard InChI is InChI=1S/C13H26N2O3/c14-13(17)7-3-4-8-15-9-11(16)10-18-12-5-1-2-6-12/h11-12,15-16H,1-10H2,(H2,14,17). The molecule has 0 aliphatic heterocycles. The molecule has 0 spiro atoms. The number of aliphatic hydroxyl groups is 1. The number of ether oxygens (including phenoxy) is 1. The molecule has 0 aromatic rings. The number of carbonyl (C=O) groups excluding carboxylic acids is 1. The second kappa shape index (κ2) is 9.30. The van der Waals surface area contributed by atoms with Crippen molar-refractivity contribution >= 4 is 5.91 Å². The number of rotatable bonds is 10. The van der Waals surface area contributed by atoms with Gasteiger partial charge in [0, 0.05) is 13.0 Å². The van der Waals surface area contributed by atoms with Crippen LogP contribution >= 0.6 is 0 Å². The Hall–Kier alpha value is -0.650. The van der Waals surface area contributed by atoms with E-state index in [0.717, 1.165) is 32.2 Å². The number of carbonyl (C=O) groups is 1. The number of amides is 1. The van der Waals surface area contributed by atoms with Crippen LogP contribution in [0.25, 0.3) is 0 Å². The summed E-state index contributed by atoms with van der Waals surface area (Å²) in [6, 6.07) is 0. The van der Waals surface area contributed by atoms with Crippen molar-refractivity contribution in [2.24, 2.45) is 5.73 Å². The second-order valence-corrected chi connectivity index (χ2v) is 5.02. The topological polar surface area (TPSA) is 84.6 Å². The largest absolute Gasteiger partial charge is 0.389 e. The molecule has 0 bridgehead atoms. The van der Waals surface area contributed by atoms with Crippen LogP contribution in [-0.2, 0) is 9.53 Å². The first kappa shape index (κ1) is 15.4. The van der Waals surface area contributed by atoms with Gasteiger partial charge in [-0.05, 0) is 32.2 Å². The van der Waals surface area contributed by atoms with Crippen LogP contribution in [-0.4, -0.2) is 42.9 Å². The molecule has 18 heavy (non-hydrogen) atoms. The van der Waals surface area contributed by atoms with Crippen molar-refractivity contribution in [2.45, 2.75) is 57.2 Å². The van der Waals surface area contributed by atoms with Gasteiger partial charge in [-0.3, -0.25) is 4.79 Å². The zero-order valence-corrected chi connectivity index (χ0v) is 11.1. The van der Waals surface area contributed by atoms with E-state index in [1.807, 2.05) is 0 Å². The van der Waals surface area contributed by atoms with Gasteiger partial charge in [-0.2, -0.15) is 0 Å². The van der Waals surface area contributed by atoms with Crippen molar-refractivity contribution < 1.29 is 14.6 Å². The maximum Gasteiger partial charge on any atom is 0.217 e. The first-order valence-corrected chi connectivity index (χ1v) is 6.97. The highest BCUT2D eigenvalue weighted by atomic mass is 16.5. The molecule has 1 atom stereocenters. The zero-order chi connectivity index (χ0) is 13.2. The highest BCUT2D eigenvalue weighted by Gasteiger charge is 2.16. The molecule has 1 fully saturated rings. The van der Waals surface area contributed by atoms with Crippen LogP contribution in [0.5, 0.6) is 0 Å². The summed E-state index contributed by atoms with van der Waals surface area (Å²) in [5.74, 6) is -0.250. The van der Waals surface area contributed by atoms with Gasteiger partial charge in [0.15, 0.2) is 0 Å². The fraction of sp³-hybridized carbons (Fsp3) is 0.923. The molecule has 5 nitrogen and oxygen atoms in total. The van der Waals surface area contributed by atoms with Gasteiger partial charge in [-0.1, -0.05) is 12.8 Å². The summed E-state index contributed by atoms with van der Waals surface area (Å²) in [5, 5.41) is 12.8. The monoisotopic (exact) mass is 258 g/mol. The number of primary amides is 1. The Balaban J connectivity index is 1.86. The van der Waals surface area contributed by atoms with E-state index in [-0.39, 0.29) is 5.91 Å². The first-order chi connectivity index (χ1) is 8.68. The fourth-order valence-electron chi connectivity index (χ4n) is 2.18. The van der Waals surface area contributed by atoms with Gasteiger partial charge < -0.3 is 20.9 Å². The van der Waals surface area contributed by atoms with E-state index in [4.69, 9.17) is 10.5 Å². The minimum Gasteiger partial charge on any atom is -0.389 e. The third kappa shape index (κ3) is 7.63. The highest BCUT2D eigenvalue weighted by Crippen LogP contribution is 2.20. The Bertz CT molecular complexity index is 230. The van der Waals surface area contributed by atoms with Crippen molar-refractivity contribution in [3.05, 3.63) is 0 Å². The normalized spacial score (nSPS) is 18.1. The van der Waals surface area contributed by atoms with Crippen molar-refractivity contribution in [3.8, 4) is 0 Å². The molecule has 0 radical (unpaired) electrons. The molecule has 0 heterocycles. The van der Waals surface area contributed by atoms with E-state index in [0.29, 0.717) is 25.7 Å². The molecule has 1 saturated carbocycles. The molecule has 5 heteroatoms. The van der Waals surface area contributed by atoms with Gasteiger partial charge in [-0.15, -0.1) is 0 Å². The Morgan fingerprint density at radius 3 is 2.78 bits per heavy atom. The first-order valence-electron chi connectivity index (χ1n) is 6.97. The number of nitrogens with one attached hydrogen (secondary N) is 1. The molecular formula is C13H26N2O3. The van der Waals surface area contributed by atoms with Gasteiger partial charge >= 0.3 is 0 Å². The summed E-state index contributed by atoms with van der Waals surface area (Å²) in [4.78, 5) is 10.5.